The molecule has 0 unspecified atom stereocenters. The van der Waals surface area contributed by atoms with Crippen molar-refractivity contribution in [2.75, 3.05) is 0 Å². The second-order valence-electron chi connectivity index (χ2n) is 7.95. The fourth-order valence-electron chi connectivity index (χ4n) is 3.42. The maximum Gasteiger partial charge on any atom is 0.422 e. The summed E-state index contributed by atoms with van der Waals surface area (Å²) in [6.45, 7) is 4.79. The Kier molecular flexibility index (Phi) is 11.2. The molecule has 0 amide bonds. The zero-order valence-corrected chi connectivity index (χ0v) is 21.2. The largest absolute Gasteiger partial charge is 0.422 e. The number of aryl methyl sites for hydroxylation is 1. The molecule has 0 aliphatic heterocycles. The average Bonchev–Trinajstić information content (AvgIpc) is 2.89. The maximum atomic E-state index is 13.6. The molecule has 11 heteroatoms. The number of halogens is 10. The molecule has 4 aromatic rings. The van der Waals surface area contributed by atoms with Gasteiger partial charge >= 0.3 is 6.18 Å². The number of benzene rings is 4. The van der Waals surface area contributed by atoms with Gasteiger partial charge in [0.2, 0.25) is 0 Å². The van der Waals surface area contributed by atoms with E-state index < -0.39 is 69.9 Å². The van der Waals surface area contributed by atoms with Gasteiger partial charge in [-0.25, -0.2) is 26.3 Å². The predicted molar refractivity (Wildman–Crippen MR) is 131 cm³/mol. The highest BCUT2D eigenvalue weighted by atomic mass is 19.4. The van der Waals surface area contributed by atoms with Crippen LogP contribution in [-0.2, 0) is 12.9 Å². The van der Waals surface area contributed by atoms with Gasteiger partial charge in [0.1, 0.15) is 41.3 Å². The van der Waals surface area contributed by atoms with Crippen molar-refractivity contribution < 1.29 is 49.0 Å². The minimum atomic E-state index is -5.21. The lowest BCUT2D eigenvalue weighted by atomic mass is 10.0. The highest BCUT2D eigenvalue weighted by Crippen LogP contribution is 2.36. The Morgan fingerprint density at radius 2 is 1.12 bits per heavy atom. The standard InChI is InChI=1S/C14H11F3.C13H5F7O.C2H6/c1-9-2-4-10(5-3-9)11-6-13(16)12(8-15)14(17)7-11;14-9-5-7(21-20)1-2-8(9)6-3-10(15)12(11(16)4-6)13(17,18)19;1-2/h2-7H,8H2,1H3;1-5H;1-2H3. The molecule has 1 nitrogen and oxygen atoms in total. The summed E-state index contributed by atoms with van der Waals surface area (Å²) in [5.74, 6) is -7.04. The highest BCUT2D eigenvalue weighted by molar-refractivity contribution is 5.66. The second kappa shape index (κ2) is 13.9. The van der Waals surface area contributed by atoms with Gasteiger partial charge < -0.3 is 0 Å². The van der Waals surface area contributed by atoms with Crippen molar-refractivity contribution >= 4 is 0 Å². The van der Waals surface area contributed by atoms with Gasteiger partial charge in [-0.15, -0.1) is 0 Å². The molecule has 0 aromatic heterocycles. The molecule has 0 spiro atoms. The Bertz CT molecular complexity index is 1380. The van der Waals surface area contributed by atoms with Gasteiger partial charge in [-0.3, -0.25) is 4.94 Å². The van der Waals surface area contributed by atoms with Crippen molar-refractivity contribution in [3.63, 3.8) is 0 Å². The molecule has 0 saturated heterocycles. The predicted octanol–water partition coefficient (Wildman–Crippen LogP) is 10.5. The van der Waals surface area contributed by atoms with Gasteiger partial charge in [-0.2, -0.15) is 13.2 Å². The molecule has 0 radical (unpaired) electrons. The quantitative estimate of drug-likeness (QED) is 0.220. The van der Waals surface area contributed by atoms with E-state index in [1.54, 1.807) is 12.1 Å². The molecule has 214 valence electrons. The third-order valence-corrected chi connectivity index (χ3v) is 5.33. The topological polar surface area (TPSA) is 9.23 Å². The average molecular weight is 576 g/mol. The van der Waals surface area contributed by atoms with E-state index in [2.05, 4.69) is 4.94 Å². The molecule has 40 heavy (non-hydrogen) atoms. The monoisotopic (exact) mass is 576 g/mol. The fraction of sp³-hybridized carbons (Fsp3) is 0.172. The second-order valence-corrected chi connectivity index (χ2v) is 7.95. The molecule has 0 aliphatic rings. The Morgan fingerprint density at radius 3 is 1.55 bits per heavy atom. The first-order valence-electron chi connectivity index (χ1n) is 11.6. The number of hydrogen-bond acceptors (Lipinski definition) is 1. The summed E-state index contributed by atoms with van der Waals surface area (Å²) in [4.78, 5) is 3.26. The first kappa shape index (κ1) is 32.2. The van der Waals surface area contributed by atoms with Crippen molar-refractivity contribution in [1.29, 1.82) is 0 Å². The van der Waals surface area contributed by atoms with Crippen LogP contribution in [0.25, 0.3) is 22.3 Å². The lowest BCUT2D eigenvalue weighted by Crippen LogP contribution is -2.11. The van der Waals surface area contributed by atoms with Crippen LogP contribution < -0.4 is 4.94 Å². The summed E-state index contributed by atoms with van der Waals surface area (Å²) in [6, 6.07) is 12.7. The van der Waals surface area contributed by atoms with Gasteiger partial charge in [-0.05, 0) is 60.0 Å². The van der Waals surface area contributed by atoms with E-state index in [1.807, 2.05) is 32.9 Å². The number of hydrogen-bond donors (Lipinski definition) is 0. The molecule has 0 heterocycles. The molecular formula is C29H22F10O. The molecule has 0 fully saturated rings. The molecule has 4 rings (SSSR count). The van der Waals surface area contributed by atoms with E-state index in [0.29, 0.717) is 29.3 Å². The normalized spacial score (nSPS) is 10.7. The lowest BCUT2D eigenvalue weighted by Gasteiger charge is -2.11. The van der Waals surface area contributed by atoms with Crippen molar-refractivity contribution in [2.45, 2.75) is 33.6 Å². The van der Waals surface area contributed by atoms with E-state index in [9.17, 15) is 44.0 Å². The Labute approximate surface area is 223 Å². The fourth-order valence-corrected chi connectivity index (χ4v) is 3.42. The molecule has 0 atom stereocenters. The number of rotatable bonds is 4. The van der Waals surface area contributed by atoms with Crippen LogP contribution in [0.5, 0.6) is 5.75 Å². The summed E-state index contributed by atoms with van der Waals surface area (Å²) in [6.07, 6.45) is -5.21. The molecule has 0 bridgehead atoms. The summed E-state index contributed by atoms with van der Waals surface area (Å²) < 4.78 is 129. The maximum absolute atomic E-state index is 13.6. The molecular weight excluding hydrogens is 554 g/mol. The van der Waals surface area contributed by atoms with Gasteiger partial charge in [0.25, 0.3) is 0 Å². The van der Waals surface area contributed by atoms with Crippen LogP contribution in [0.4, 0.5) is 44.0 Å². The third kappa shape index (κ3) is 7.77. The van der Waals surface area contributed by atoms with Crippen molar-refractivity contribution in [3.05, 3.63) is 113 Å². The van der Waals surface area contributed by atoms with E-state index in [1.165, 1.54) is 0 Å². The van der Waals surface area contributed by atoms with Crippen LogP contribution in [0.3, 0.4) is 0 Å². The Balaban J connectivity index is 0.000000269. The molecule has 0 aliphatic carbocycles. The van der Waals surface area contributed by atoms with Crippen molar-refractivity contribution in [2.24, 2.45) is 0 Å². The van der Waals surface area contributed by atoms with Gasteiger partial charge in [-0.1, -0.05) is 43.7 Å². The van der Waals surface area contributed by atoms with Crippen LogP contribution in [0, 0.1) is 36.0 Å². The minimum Gasteiger partial charge on any atom is -0.294 e. The lowest BCUT2D eigenvalue weighted by molar-refractivity contribution is -0.142. The van der Waals surface area contributed by atoms with Crippen LogP contribution >= 0.6 is 0 Å². The minimum absolute atomic E-state index is 0.348. The first-order valence-corrected chi connectivity index (χ1v) is 11.6. The molecule has 0 N–H and O–H groups in total. The van der Waals surface area contributed by atoms with Crippen LogP contribution in [0.1, 0.15) is 30.5 Å². The SMILES string of the molecule is CC.Cc1ccc(-c2cc(F)c(CF)c(F)c2)cc1.FOc1ccc(-c2cc(F)c(C(F)(F)F)c(F)c2)c(F)c1. The van der Waals surface area contributed by atoms with Gasteiger partial charge in [0.05, 0.1) is 5.56 Å². The molecule has 4 aromatic carbocycles. The Morgan fingerprint density at radius 1 is 0.625 bits per heavy atom. The van der Waals surface area contributed by atoms with Crippen LogP contribution in [-0.4, -0.2) is 0 Å². The van der Waals surface area contributed by atoms with Gasteiger partial charge in [0, 0.05) is 16.2 Å². The third-order valence-electron chi connectivity index (χ3n) is 5.33. The summed E-state index contributed by atoms with van der Waals surface area (Å²) in [5, 5.41) is 0. The zero-order valence-electron chi connectivity index (χ0n) is 21.2. The van der Waals surface area contributed by atoms with Crippen molar-refractivity contribution in [1.82, 2.24) is 0 Å². The zero-order chi connectivity index (χ0) is 30.2. The summed E-state index contributed by atoms with van der Waals surface area (Å²) in [5.41, 5.74) is -1.24. The molecule has 0 saturated carbocycles. The van der Waals surface area contributed by atoms with Crippen LogP contribution in [0.2, 0.25) is 0 Å². The Hall–Kier alpha value is -4.02. The first-order chi connectivity index (χ1) is 18.8. The van der Waals surface area contributed by atoms with Crippen LogP contribution in [0.15, 0.2) is 66.7 Å². The summed E-state index contributed by atoms with van der Waals surface area (Å²) >= 11 is 0. The van der Waals surface area contributed by atoms with E-state index in [0.717, 1.165) is 29.8 Å². The highest BCUT2D eigenvalue weighted by Gasteiger charge is 2.38. The van der Waals surface area contributed by atoms with Crippen molar-refractivity contribution in [3.8, 4) is 28.0 Å². The van der Waals surface area contributed by atoms with E-state index >= 15 is 0 Å². The summed E-state index contributed by atoms with van der Waals surface area (Å²) in [7, 11) is 0. The van der Waals surface area contributed by atoms with E-state index in [4.69, 9.17) is 0 Å². The smallest absolute Gasteiger partial charge is 0.294 e. The number of alkyl halides is 4. The van der Waals surface area contributed by atoms with Gasteiger partial charge in [0.15, 0.2) is 5.75 Å². The van der Waals surface area contributed by atoms with E-state index in [-0.39, 0.29) is 0 Å².